The summed E-state index contributed by atoms with van der Waals surface area (Å²) in [7, 11) is -7.57. The van der Waals surface area contributed by atoms with Crippen LogP contribution in [-0.4, -0.2) is 41.2 Å². The van der Waals surface area contributed by atoms with Crippen molar-refractivity contribution in [2.45, 2.75) is 42.9 Å². The van der Waals surface area contributed by atoms with Gasteiger partial charge in [-0.2, -0.15) is 0 Å². The summed E-state index contributed by atoms with van der Waals surface area (Å²) in [6, 6.07) is 2.87. The zero-order chi connectivity index (χ0) is 18.0. The van der Waals surface area contributed by atoms with Gasteiger partial charge in [-0.1, -0.05) is 0 Å². The third-order valence-corrected chi connectivity index (χ3v) is 7.01. The van der Waals surface area contributed by atoms with E-state index in [0.29, 0.717) is 13.0 Å². The van der Waals surface area contributed by atoms with E-state index in [1.54, 1.807) is 0 Å². The number of sulfonamides is 2. The van der Waals surface area contributed by atoms with Gasteiger partial charge in [-0.3, -0.25) is 4.72 Å². The van der Waals surface area contributed by atoms with Crippen LogP contribution < -0.4 is 14.8 Å². The molecule has 2 rings (SSSR count). The number of halogens is 1. The Bertz CT molecular complexity index is 788. The highest BCUT2D eigenvalue weighted by atomic mass is 32.2. The fourth-order valence-electron chi connectivity index (χ4n) is 2.26. The molecule has 1 aliphatic heterocycles. The molecule has 1 saturated heterocycles. The van der Waals surface area contributed by atoms with Crippen LogP contribution in [-0.2, 0) is 20.0 Å². The molecule has 136 valence electrons. The van der Waals surface area contributed by atoms with Gasteiger partial charge in [0.25, 0.3) is 0 Å². The molecule has 1 heterocycles. The van der Waals surface area contributed by atoms with E-state index in [9.17, 15) is 21.2 Å². The van der Waals surface area contributed by atoms with Crippen LogP contribution >= 0.6 is 0 Å². The van der Waals surface area contributed by atoms with Gasteiger partial charge in [0.1, 0.15) is 5.82 Å². The van der Waals surface area contributed by atoms with Crippen molar-refractivity contribution in [2.24, 2.45) is 0 Å². The molecule has 0 aromatic heterocycles. The van der Waals surface area contributed by atoms with Crippen LogP contribution in [0.4, 0.5) is 10.1 Å². The lowest BCUT2D eigenvalue weighted by molar-refractivity contribution is 0.428. The fourth-order valence-corrected chi connectivity index (χ4v) is 4.25. The lowest BCUT2D eigenvalue weighted by Crippen LogP contribution is -2.45. The number of rotatable bonds is 6. The molecule has 1 aliphatic rings. The molecule has 0 saturated carbocycles. The van der Waals surface area contributed by atoms with Gasteiger partial charge in [-0.05, 0) is 51.4 Å². The summed E-state index contributed by atoms with van der Waals surface area (Å²) in [5, 5.41) is 2.35. The Kier molecular flexibility index (Phi) is 5.84. The summed E-state index contributed by atoms with van der Waals surface area (Å²) in [5.74, 6) is -0.941. The molecule has 10 heteroatoms. The van der Waals surface area contributed by atoms with Gasteiger partial charge in [-0.25, -0.2) is 25.9 Å². The van der Waals surface area contributed by atoms with Crippen molar-refractivity contribution in [3.8, 4) is 0 Å². The Labute approximate surface area is 142 Å². The Morgan fingerprint density at radius 3 is 2.50 bits per heavy atom. The minimum atomic E-state index is -3.87. The summed E-state index contributed by atoms with van der Waals surface area (Å²) < 4.78 is 67.0. The maximum Gasteiger partial charge on any atom is 0.240 e. The summed E-state index contributed by atoms with van der Waals surface area (Å²) >= 11 is 0. The molecule has 1 atom stereocenters. The molecule has 1 aromatic carbocycles. The molecule has 0 spiro atoms. The standard InChI is InChI=1S/C14H22FN3O4S2/c1-10(2)23(19,20)18-14-6-5-12(8-13(14)15)24(21,22)17-11-4-3-7-16-9-11/h5-6,8,10-11,16-18H,3-4,7,9H2,1-2H3. The first-order valence-electron chi connectivity index (χ1n) is 7.66. The zero-order valence-corrected chi connectivity index (χ0v) is 15.2. The first-order chi connectivity index (χ1) is 11.1. The summed E-state index contributed by atoms with van der Waals surface area (Å²) in [5.41, 5.74) is -0.276. The van der Waals surface area contributed by atoms with Gasteiger partial charge in [0.2, 0.25) is 20.0 Å². The van der Waals surface area contributed by atoms with Crippen LogP contribution in [0, 0.1) is 5.82 Å². The number of piperidine rings is 1. The number of hydrogen-bond donors (Lipinski definition) is 3. The Morgan fingerprint density at radius 1 is 1.25 bits per heavy atom. The van der Waals surface area contributed by atoms with E-state index < -0.39 is 31.1 Å². The van der Waals surface area contributed by atoms with Crippen LogP contribution in [0.3, 0.4) is 0 Å². The SMILES string of the molecule is CC(C)S(=O)(=O)Nc1ccc(S(=O)(=O)NC2CCCNC2)cc1F. The van der Waals surface area contributed by atoms with Crippen molar-refractivity contribution in [1.29, 1.82) is 0 Å². The smallest absolute Gasteiger partial charge is 0.240 e. The van der Waals surface area contributed by atoms with Gasteiger partial charge in [-0.15, -0.1) is 0 Å². The second-order valence-corrected chi connectivity index (χ2v) is 9.95. The predicted molar refractivity (Wildman–Crippen MR) is 90.3 cm³/mol. The van der Waals surface area contributed by atoms with E-state index in [2.05, 4.69) is 14.8 Å². The second-order valence-electron chi connectivity index (χ2n) is 6.00. The minimum Gasteiger partial charge on any atom is -0.315 e. The molecule has 1 unspecified atom stereocenters. The average Bonchev–Trinajstić information content (AvgIpc) is 2.49. The van der Waals surface area contributed by atoms with E-state index in [4.69, 9.17) is 0 Å². The van der Waals surface area contributed by atoms with Crippen molar-refractivity contribution >= 4 is 25.7 Å². The minimum absolute atomic E-state index is 0.238. The lowest BCUT2D eigenvalue weighted by atomic mass is 10.1. The van der Waals surface area contributed by atoms with Gasteiger partial charge in [0.05, 0.1) is 15.8 Å². The van der Waals surface area contributed by atoms with Crippen LogP contribution in [0.15, 0.2) is 23.1 Å². The predicted octanol–water partition coefficient (Wildman–Crippen LogP) is 1.01. The number of nitrogens with one attached hydrogen (secondary N) is 3. The molecule has 0 bridgehead atoms. The summed E-state index contributed by atoms with van der Waals surface area (Å²) in [4.78, 5) is -0.238. The monoisotopic (exact) mass is 379 g/mol. The summed E-state index contributed by atoms with van der Waals surface area (Å²) in [6.45, 7) is 4.29. The largest absolute Gasteiger partial charge is 0.315 e. The summed E-state index contributed by atoms with van der Waals surface area (Å²) in [6.07, 6.45) is 1.57. The van der Waals surface area contributed by atoms with Crippen molar-refractivity contribution in [3.05, 3.63) is 24.0 Å². The Balaban J connectivity index is 2.19. The highest BCUT2D eigenvalue weighted by Gasteiger charge is 2.24. The highest BCUT2D eigenvalue weighted by Crippen LogP contribution is 2.21. The average molecular weight is 379 g/mol. The van der Waals surface area contributed by atoms with Crippen LogP contribution in [0.5, 0.6) is 0 Å². The van der Waals surface area contributed by atoms with Crippen molar-refractivity contribution in [2.75, 3.05) is 17.8 Å². The number of anilines is 1. The van der Waals surface area contributed by atoms with Gasteiger partial charge >= 0.3 is 0 Å². The molecule has 3 N–H and O–H groups in total. The van der Waals surface area contributed by atoms with E-state index in [0.717, 1.165) is 25.1 Å². The quantitative estimate of drug-likeness (QED) is 0.684. The Hall–Kier alpha value is -1.23. The lowest BCUT2D eigenvalue weighted by Gasteiger charge is -2.23. The maximum absolute atomic E-state index is 14.1. The van der Waals surface area contributed by atoms with Crippen LogP contribution in [0.25, 0.3) is 0 Å². The first-order valence-corrected chi connectivity index (χ1v) is 10.7. The van der Waals surface area contributed by atoms with E-state index in [1.807, 2.05) is 0 Å². The molecule has 24 heavy (non-hydrogen) atoms. The molecule has 7 nitrogen and oxygen atoms in total. The molecule has 1 fully saturated rings. The van der Waals surface area contributed by atoms with Gasteiger partial charge in [0, 0.05) is 12.6 Å². The molecule has 0 amide bonds. The van der Waals surface area contributed by atoms with E-state index in [-0.39, 0.29) is 16.6 Å². The fraction of sp³-hybridized carbons (Fsp3) is 0.571. The molecule has 0 radical (unpaired) electrons. The first kappa shape index (κ1) is 19.1. The number of hydrogen-bond acceptors (Lipinski definition) is 5. The van der Waals surface area contributed by atoms with E-state index in [1.165, 1.54) is 19.9 Å². The van der Waals surface area contributed by atoms with Crippen molar-refractivity contribution in [3.63, 3.8) is 0 Å². The third-order valence-electron chi connectivity index (χ3n) is 3.74. The molecular weight excluding hydrogens is 357 g/mol. The van der Waals surface area contributed by atoms with Gasteiger partial charge < -0.3 is 5.32 Å². The van der Waals surface area contributed by atoms with E-state index >= 15 is 0 Å². The highest BCUT2D eigenvalue weighted by molar-refractivity contribution is 7.93. The molecular formula is C14H22FN3O4S2. The van der Waals surface area contributed by atoms with Gasteiger partial charge in [0.15, 0.2) is 0 Å². The van der Waals surface area contributed by atoms with Crippen LogP contribution in [0.2, 0.25) is 0 Å². The number of benzene rings is 1. The second kappa shape index (κ2) is 7.34. The Morgan fingerprint density at radius 2 is 1.96 bits per heavy atom. The topological polar surface area (TPSA) is 104 Å². The maximum atomic E-state index is 14.1. The third kappa shape index (κ3) is 4.65. The molecule has 0 aliphatic carbocycles. The van der Waals surface area contributed by atoms with Crippen molar-refractivity contribution < 1.29 is 21.2 Å². The zero-order valence-electron chi connectivity index (χ0n) is 13.5. The normalized spacial score (nSPS) is 19.4. The van der Waals surface area contributed by atoms with Crippen LogP contribution in [0.1, 0.15) is 26.7 Å². The molecule has 1 aromatic rings. The van der Waals surface area contributed by atoms with Crippen molar-refractivity contribution in [1.82, 2.24) is 10.0 Å².